The molecule has 2 amide bonds. The number of benzene rings is 2. The first-order valence-corrected chi connectivity index (χ1v) is 9.07. The summed E-state index contributed by atoms with van der Waals surface area (Å²) in [5.41, 5.74) is 8.00. The second kappa shape index (κ2) is 9.53. The molecule has 0 aliphatic carbocycles. The Balaban J connectivity index is 0.00000261. The molecule has 3 rings (SSSR count). The highest BCUT2D eigenvalue weighted by Gasteiger charge is 2.30. The Kier molecular flexibility index (Phi) is 7.39. The summed E-state index contributed by atoms with van der Waals surface area (Å²) >= 11 is 0. The van der Waals surface area contributed by atoms with Crippen molar-refractivity contribution in [3.05, 3.63) is 65.7 Å². The Hall–Kier alpha value is -2.37. The fourth-order valence-electron chi connectivity index (χ4n) is 3.27. The van der Waals surface area contributed by atoms with E-state index < -0.39 is 0 Å². The number of rotatable bonds is 5. The van der Waals surface area contributed by atoms with Gasteiger partial charge in [-0.15, -0.1) is 12.4 Å². The topological polar surface area (TPSA) is 75.4 Å². The molecule has 0 bridgehead atoms. The van der Waals surface area contributed by atoms with Crippen LogP contribution in [-0.4, -0.2) is 29.8 Å². The summed E-state index contributed by atoms with van der Waals surface area (Å²) in [6.45, 7) is 2.85. The molecule has 144 valence electrons. The minimum atomic E-state index is -0.243. The lowest BCUT2D eigenvalue weighted by atomic mass is 10.0. The van der Waals surface area contributed by atoms with Crippen molar-refractivity contribution in [2.24, 2.45) is 11.7 Å². The first-order chi connectivity index (χ1) is 12.6. The molecular weight excluding hydrogens is 362 g/mol. The van der Waals surface area contributed by atoms with Crippen LogP contribution in [0.5, 0.6) is 0 Å². The number of likely N-dealkylation sites (tertiary alicyclic amines) is 1. The van der Waals surface area contributed by atoms with Crippen LogP contribution in [0.1, 0.15) is 41.7 Å². The summed E-state index contributed by atoms with van der Waals surface area (Å²) < 4.78 is 0. The Morgan fingerprint density at radius 3 is 2.44 bits per heavy atom. The zero-order chi connectivity index (χ0) is 18.5. The number of hydrogen-bond acceptors (Lipinski definition) is 3. The van der Waals surface area contributed by atoms with E-state index in [1.165, 1.54) is 5.56 Å². The third-order valence-electron chi connectivity index (χ3n) is 4.90. The van der Waals surface area contributed by atoms with Crippen molar-refractivity contribution >= 4 is 29.9 Å². The van der Waals surface area contributed by atoms with Gasteiger partial charge < -0.3 is 16.0 Å². The molecule has 0 saturated carbocycles. The molecule has 2 aromatic rings. The maximum absolute atomic E-state index is 12.9. The van der Waals surface area contributed by atoms with Crippen LogP contribution >= 0.6 is 12.4 Å². The first-order valence-electron chi connectivity index (χ1n) is 9.07. The van der Waals surface area contributed by atoms with Gasteiger partial charge in [-0.05, 0) is 42.7 Å². The zero-order valence-electron chi connectivity index (χ0n) is 15.4. The van der Waals surface area contributed by atoms with E-state index in [9.17, 15) is 9.59 Å². The smallest absolute Gasteiger partial charge is 0.254 e. The highest BCUT2D eigenvalue weighted by molar-refractivity contribution is 5.96. The summed E-state index contributed by atoms with van der Waals surface area (Å²) in [6, 6.07) is 17.4. The average molecular weight is 388 g/mol. The van der Waals surface area contributed by atoms with Crippen LogP contribution in [0.15, 0.2) is 54.6 Å². The SMILES string of the molecule is CC(CN)C(=O)Nc1ccc(C(=O)N2CCCC2c2ccccc2)cc1.Cl. The highest BCUT2D eigenvalue weighted by atomic mass is 35.5. The molecule has 2 atom stereocenters. The molecule has 2 aromatic carbocycles. The largest absolute Gasteiger partial charge is 0.332 e. The fraction of sp³-hybridized carbons (Fsp3) is 0.333. The van der Waals surface area contributed by atoms with Crippen molar-refractivity contribution in [3.63, 3.8) is 0 Å². The Bertz CT molecular complexity index is 765. The summed E-state index contributed by atoms with van der Waals surface area (Å²) in [5, 5.41) is 2.82. The number of nitrogens with two attached hydrogens (primary N) is 1. The number of amides is 2. The number of nitrogens with one attached hydrogen (secondary N) is 1. The standard InChI is InChI=1S/C21H25N3O2.ClH/c1-15(14-22)20(25)23-18-11-9-17(10-12-18)21(26)24-13-5-8-19(24)16-6-3-2-4-7-16;/h2-4,6-7,9-12,15,19H,5,8,13-14,22H2,1H3,(H,23,25);1H. The molecule has 5 nitrogen and oxygen atoms in total. The first kappa shape index (κ1) is 20.9. The molecule has 6 heteroatoms. The number of anilines is 1. The van der Waals surface area contributed by atoms with E-state index in [-0.39, 0.29) is 36.2 Å². The number of halogens is 1. The van der Waals surface area contributed by atoms with E-state index in [2.05, 4.69) is 17.4 Å². The number of carbonyl (C=O) groups excluding carboxylic acids is 2. The van der Waals surface area contributed by atoms with Crippen LogP contribution < -0.4 is 11.1 Å². The molecule has 1 aliphatic heterocycles. The van der Waals surface area contributed by atoms with Crippen molar-refractivity contribution in [2.45, 2.75) is 25.8 Å². The third kappa shape index (κ3) is 4.87. The Labute approximate surface area is 166 Å². The van der Waals surface area contributed by atoms with Gasteiger partial charge in [0.05, 0.1) is 6.04 Å². The maximum Gasteiger partial charge on any atom is 0.254 e. The van der Waals surface area contributed by atoms with Crippen LogP contribution in [0.2, 0.25) is 0 Å². The van der Waals surface area contributed by atoms with E-state index in [1.54, 1.807) is 31.2 Å². The molecule has 2 unspecified atom stereocenters. The van der Waals surface area contributed by atoms with Gasteiger partial charge in [-0.1, -0.05) is 37.3 Å². The van der Waals surface area contributed by atoms with Crippen LogP contribution in [-0.2, 0) is 4.79 Å². The predicted molar refractivity (Wildman–Crippen MR) is 110 cm³/mol. The summed E-state index contributed by atoms with van der Waals surface area (Å²) in [5.74, 6) is -0.327. The Morgan fingerprint density at radius 1 is 1.15 bits per heavy atom. The fourth-order valence-corrected chi connectivity index (χ4v) is 3.27. The molecule has 1 heterocycles. The molecule has 1 fully saturated rings. The summed E-state index contributed by atoms with van der Waals surface area (Å²) in [7, 11) is 0. The van der Waals surface area contributed by atoms with E-state index >= 15 is 0 Å². The lowest BCUT2D eigenvalue weighted by Crippen LogP contribution is -2.30. The minimum Gasteiger partial charge on any atom is -0.332 e. The lowest BCUT2D eigenvalue weighted by Gasteiger charge is -2.25. The van der Waals surface area contributed by atoms with Gasteiger partial charge in [0.2, 0.25) is 5.91 Å². The van der Waals surface area contributed by atoms with E-state index in [4.69, 9.17) is 5.73 Å². The number of hydrogen-bond donors (Lipinski definition) is 2. The van der Waals surface area contributed by atoms with Gasteiger partial charge in [0.1, 0.15) is 0 Å². The van der Waals surface area contributed by atoms with Gasteiger partial charge in [0.25, 0.3) is 5.91 Å². The molecule has 0 radical (unpaired) electrons. The zero-order valence-corrected chi connectivity index (χ0v) is 16.2. The summed E-state index contributed by atoms with van der Waals surface area (Å²) in [4.78, 5) is 26.8. The third-order valence-corrected chi connectivity index (χ3v) is 4.90. The quantitative estimate of drug-likeness (QED) is 0.822. The van der Waals surface area contributed by atoms with E-state index in [1.807, 2.05) is 23.1 Å². The van der Waals surface area contributed by atoms with E-state index in [0.717, 1.165) is 19.4 Å². The van der Waals surface area contributed by atoms with Crippen LogP contribution in [0.25, 0.3) is 0 Å². The Morgan fingerprint density at radius 2 is 1.81 bits per heavy atom. The number of nitrogens with zero attached hydrogens (tertiary/aromatic N) is 1. The van der Waals surface area contributed by atoms with Crippen molar-refractivity contribution in [2.75, 3.05) is 18.4 Å². The molecule has 3 N–H and O–H groups in total. The molecule has 0 spiro atoms. The predicted octanol–water partition coefficient (Wildman–Crippen LogP) is 3.62. The summed E-state index contributed by atoms with van der Waals surface area (Å²) in [6.07, 6.45) is 2.00. The van der Waals surface area contributed by atoms with Crippen molar-refractivity contribution in [3.8, 4) is 0 Å². The van der Waals surface area contributed by atoms with Crippen LogP contribution in [0, 0.1) is 5.92 Å². The second-order valence-corrected chi connectivity index (χ2v) is 6.77. The minimum absolute atomic E-state index is 0. The lowest BCUT2D eigenvalue weighted by molar-refractivity contribution is -0.119. The molecule has 1 saturated heterocycles. The van der Waals surface area contributed by atoms with E-state index in [0.29, 0.717) is 17.8 Å². The maximum atomic E-state index is 12.9. The number of carbonyl (C=O) groups is 2. The molecule has 1 aliphatic rings. The van der Waals surface area contributed by atoms with Gasteiger partial charge in [0.15, 0.2) is 0 Å². The van der Waals surface area contributed by atoms with Crippen molar-refractivity contribution in [1.29, 1.82) is 0 Å². The molecular formula is C21H26ClN3O2. The highest BCUT2D eigenvalue weighted by Crippen LogP contribution is 2.33. The van der Waals surface area contributed by atoms with Crippen LogP contribution in [0.4, 0.5) is 5.69 Å². The monoisotopic (exact) mass is 387 g/mol. The van der Waals surface area contributed by atoms with Crippen molar-refractivity contribution in [1.82, 2.24) is 4.90 Å². The normalized spacial score (nSPS) is 17.1. The van der Waals surface area contributed by atoms with Crippen molar-refractivity contribution < 1.29 is 9.59 Å². The van der Waals surface area contributed by atoms with Gasteiger partial charge >= 0.3 is 0 Å². The van der Waals surface area contributed by atoms with Gasteiger partial charge in [-0.25, -0.2) is 0 Å². The average Bonchev–Trinajstić information content (AvgIpc) is 3.18. The van der Waals surface area contributed by atoms with Gasteiger partial charge in [-0.2, -0.15) is 0 Å². The van der Waals surface area contributed by atoms with Crippen LogP contribution in [0.3, 0.4) is 0 Å². The van der Waals surface area contributed by atoms with Gasteiger partial charge in [-0.3, -0.25) is 9.59 Å². The molecule has 27 heavy (non-hydrogen) atoms. The van der Waals surface area contributed by atoms with Gasteiger partial charge in [0, 0.05) is 30.3 Å². The molecule has 0 aromatic heterocycles. The second-order valence-electron chi connectivity index (χ2n) is 6.77.